The SMILES string of the molecule is CNC.Cl.[AsH3]. The average molecular weight is 159 g/mol. The molecule has 1 unspecified atom stereocenters. The second kappa shape index (κ2) is 21.3. The first-order valence-electron chi connectivity index (χ1n) is 1.00. The van der Waals surface area contributed by atoms with Crippen LogP contribution in [0.5, 0.6) is 0 Å². The third-order valence-corrected chi connectivity index (χ3v) is 0. The van der Waals surface area contributed by atoms with Crippen LogP contribution in [0.2, 0.25) is 0 Å². The van der Waals surface area contributed by atoms with E-state index in [1.807, 2.05) is 14.1 Å². The van der Waals surface area contributed by atoms with E-state index in [1.165, 1.54) is 0 Å². The van der Waals surface area contributed by atoms with Crippen LogP contribution in [0.25, 0.3) is 0 Å². The van der Waals surface area contributed by atoms with Crippen molar-refractivity contribution in [3.8, 4) is 0 Å². The first kappa shape index (κ1) is 17.0. The first-order valence-corrected chi connectivity index (χ1v) is 1.00. The summed E-state index contributed by atoms with van der Waals surface area (Å²) < 4.78 is 0. The molecule has 3 heteroatoms. The second-order valence-corrected chi connectivity index (χ2v) is 0.500. The fourth-order valence-corrected chi connectivity index (χ4v) is 0. The summed E-state index contributed by atoms with van der Waals surface area (Å²) in [5.74, 6) is 0. The Labute approximate surface area is 50.2 Å². The minimum atomic E-state index is 0. The average Bonchev–Trinajstić information content (AvgIpc) is 0.918. The van der Waals surface area contributed by atoms with Crippen LogP contribution in [-0.2, 0) is 0 Å². The zero-order valence-electron chi connectivity index (χ0n) is 3.62. The molecule has 0 aliphatic heterocycles. The maximum atomic E-state index is 2.75. The van der Waals surface area contributed by atoms with Crippen LogP contribution in [0, 0.1) is 0 Å². The van der Waals surface area contributed by atoms with Gasteiger partial charge in [-0.15, -0.1) is 12.4 Å². The van der Waals surface area contributed by atoms with Crippen molar-refractivity contribution in [1.29, 1.82) is 0 Å². The summed E-state index contributed by atoms with van der Waals surface area (Å²) >= 11 is 0. The Morgan fingerprint density at radius 1 is 1.20 bits per heavy atom. The van der Waals surface area contributed by atoms with Gasteiger partial charge in [-0.2, -0.15) is 0 Å². The number of rotatable bonds is 0. The van der Waals surface area contributed by atoms with Crippen molar-refractivity contribution in [2.45, 2.75) is 0 Å². The molecular formula is C2H11AsClN. The van der Waals surface area contributed by atoms with Crippen LogP contribution < -0.4 is 5.32 Å². The van der Waals surface area contributed by atoms with Gasteiger partial charge in [0, 0.05) is 0 Å². The van der Waals surface area contributed by atoms with Crippen LogP contribution in [-0.4, -0.2) is 32.0 Å². The van der Waals surface area contributed by atoms with Gasteiger partial charge in [0.05, 0.1) is 0 Å². The molecule has 0 radical (unpaired) electrons. The number of nitrogens with one attached hydrogen (secondary N) is 1. The molecule has 0 amide bonds. The predicted molar refractivity (Wildman–Crippen MR) is 32.2 cm³/mol. The summed E-state index contributed by atoms with van der Waals surface area (Å²) in [5, 5.41) is 2.75. The van der Waals surface area contributed by atoms with Crippen molar-refractivity contribution < 1.29 is 0 Å². The third kappa shape index (κ3) is 58.0. The molecular weight excluding hydrogens is 148 g/mol. The molecule has 0 aromatic carbocycles. The Balaban J connectivity index is -0.0000000200. The number of hydrogen-bond donors (Lipinski definition) is 1. The molecule has 0 aliphatic rings. The summed E-state index contributed by atoms with van der Waals surface area (Å²) in [4.78, 5) is 0. The Bertz CT molecular complexity index is 9.61. The quantitative estimate of drug-likeness (QED) is 0.451. The second-order valence-electron chi connectivity index (χ2n) is 0.500. The molecule has 1 atom stereocenters. The van der Waals surface area contributed by atoms with Gasteiger partial charge in [0.1, 0.15) is 0 Å². The van der Waals surface area contributed by atoms with Crippen molar-refractivity contribution in [2.75, 3.05) is 14.1 Å². The van der Waals surface area contributed by atoms with Crippen molar-refractivity contribution in [1.82, 2.24) is 5.32 Å². The van der Waals surface area contributed by atoms with Crippen LogP contribution >= 0.6 is 12.4 Å². The molecule has 36 valence electrons. The van der Waals surface area contributed by atoms with Gasteiger partial charge in [-0.05, 0) is 14.1 Å². The van der Waals surface area contributed by atoms with Crippen molar-refractivity contribution >= 4 is 30.4 Å². The van der Waals surface area contributed by atoms with Crippen molar-refractivity contribution in [3.63, 3.8) is 0 Å². The van der Waals surface area contributed by atoms with E-state index in [9.17, 15) is 0 Å². The van der Waals surface area contributed by atoms with Gasteiger partial charge in [0.25, 0.3) is 0 Å². The van der Waals surface area contributed by atoms with Crippen LogP contribution in [0.1, 0.15) is 0 Å². The van der Waals surface area contributed by atoms with Crippen LogP contribution in [0.3, 0.4) is 0 Å². The standard InChI is InChI=1S/C2H7N.AsH3.ClH/c1-3-2;;/h3H,1-2H3;1H3;1H. The Hall–Kier alpha value is 0.808. The molecule has 1 nitrogen and oxygen atoms in total. The molecule has 0 spiro atoms. The molecule has 0 heterocycles. The van der Waals surface area contributed by atoms with Crippen molar-refractivity contribution in [3.05, 3.63) is 0 Å². The number of hydrogen-bond acceptors (Lipinski definition) is 1. The Morgan fingerprint density at radius 2 is 1.20 bits per heavy atom. The van der Waals surface area contributed by atoms with Gasteiger partial charge in [-0.3, -0.25) is 0 Å². The zero-order chi connectivity index (χ0) is 2.71. The van der Waals surface area contributed by atoms with Crippen LogP contribution in [0.4, 0.5) is 0 Å². The maximum absolute atomic E-state index is 2.75. The van der Waals surface area contributed by atoms with E-state index >= 15 is 0 Å². The summed E-state index contributed by atoms with van der Waals surface area (Å²) in [7, 11) is 3.75. The topological polar surface area (TPSA) is 12.0 Å². The van der Waals surface area contributed by atoms with Gasteiger partial charge < -0.3 is 5.32 Å². The molecule has 0 rings (SSSR count). The van der Waals surface area contributed by atoms with Gasteiger partial charge in [-0.1, -0.05) is 0 Å². The minimum absolute atomic E-state index is 0. The van der Waals surface area contributed by atoms with Crippen molar-refractivity contribution in [2.24, 2.45) is 0 Å². The van der Waals surface area contributed by atoms with E-state index in [2.05, 4.69) is 5.32 Å². The molecule has 0 aromatic rings. The van der Waals surface area contributed by atoms with Crippen LogP contribution in [0.15, 0.2) is 0 Å². The molecule has 0 fully saturated rings. The summed E-state index contributed by atoms with van der Waals surface area (Å²) in [6.07, 6.45) is 0. The zero-order valence-corrected chi connectivity index (χ0v) is 7.40. The molecule has 0 aliphatic carbocycles. The van der Waals surface area contributed by atoms with E-state index in [0.29, 0.717) is 0 Å². The normalized spacial score (nSPS) is 3.60. The molecule has 1 N–H and O–H groups in total. The van der Waals surface area contributed by atoms with E-state index in [4.69, 9.17) is 0 Å². The molecule has 0 aromatic heterocycles. The summed E-state index contributed by atoms with van der Waals surface area (Å²) in [6, 6.07) is 0. The Kier molecular flexibility index (Phi) is 72.6. The molecule has 0 saturated heterocycles. The van der Waals surface area contributed by atoms with Gasteiger partial charge in [0.15, 0.2) is 0 Å². The van der Waals surface area contributed by atoms with Gasteiger partial charge >= 0.3 is 18.0 Å². The fourth-order valence-electron chi connectivity index (χ4n) is 0. The molecule has 5 heavy (non-hydrogen) atoms. The van der Waals surface area contributed by atoms with E-state index in [-0.39, 0.29) is 30.4 Å². The number of halogens is 1. The van der Waals surface area contributed by atoms with E-state index in [1.54, 1.807) is 0 Å². The van der Waals surface area contributed by atoms with Gasteiger partial charge in [-0.25, -0.2) is 0 Å². The molecule has 0 saturated carbocycles. The summed E-state index contributed by atoms with van der Waals surface area (Å²) in [5.41, 5.74) is 0. The predicted octanol–water partition coefficient (Wildman–Crippen LogP) is -0.927. The Morgan fingerprint density at radius 3 is 1.20 bits per heavy atom. The van der Waals surface area contributed by atoms with E-state index in [0.717, 1.165) is 0 Å². The fraction of sp³-hybridized carbons (Fsp3) is 1.00. The first-order chi connectivity index (χ1) is 1.41. The molecule has 0 bridgehead atoms. The van der Waals surface area contributed by atoms with E-state index < -0.39 is 0 Å². The van der Waals surface area contributed by atoms with Gasteiger partial charge in [0.2, 0.25) is 0 Å². The summed E-state index contributed by atoms with van der Waals surface area (Å²) in [6.45, 7) is 0. The third-order valence-electron chi connectivity index (χ3n) is 0. The monoisotopic (exact) mass is 159 g/mol.